The molecule has 0 bridgehead atoms. The highest BCUT2D eigenvalue weighted by Gasteiger charge is 2.51. The third kappa shape index (κ3) is 3.86. The van der Waals surface area contributed by atoms with Crippen LogP contribution in [-0.2, 0) is 19.6 Å². The maximum Gasteiger partial charge on any atom is 0.247 e. The van der Waals surface area contributed by atoms with Gasteiger partial charge in [-0.3, -0.25) is 14.5 Å². The van der Waals surface area contributed by atoms with Gasteiger partial charge in [-0.05, 0) is 31.9 Å². The normalized spacial score (nSPS) is 24.4. The van der Waals surface area contributed by atoms with E-state index in [4.69, 9.17) is 4.74 Å². The molecular weight excluding hydrogens is 382 g/mol. The van der Waals surface area contributed by atoms with E-state index in [1.165, 1.54) is 12.0 Å². The highest BCUT2D eigenvalue weighted by atomic mass is 32.2. The Labute approximate surface area is 165 Å². The van der Waals surface area contributed by atoms with E-state index in [1.807, 2.05) is 0 Å². The molecule has 1 aliphatic heterocycles. The van der Waals surface area contributed by atoms with Gasteiger partial charge in [-0.2, -0.15) is 4.31 Å². The predicted molar refractivity (Wildman–Crippen MR) is 106 cm³/mol. The molecule has 154 valence electrons. The lowest BCUT2D eigenvalue weighted by molar-refractivity contribution is -0.133. The molecular formula is C19H27N3O5S. The van der Waals surface area contributed by atoms with E-state index in [1.54, 1.807) is 31.2 Å². The second-order valence-corrected chi connectivity index (χ2v) is 9.64. The molecule has 0 unspecified atom stereocenters. The first-order valence-corrected chi connectivity index (χ1v) is 11.2. The fourth-order valence-corrected chi connectivity index (χ4v) is 4.83. The van der Waals surface area contributed by atoms with E-state index in [-0.39, 0.29) is 25.0 Å². The van der Waals surface area contributed by atoms with E-state index < -0.39 is 21.5 Å². The largest absolute Gasteiger partial charge is 0.495 e. The van der Waals surface area contributed by atoms with Crippen molar-refractivity contribution in [1.82, 2.24) is 9.62 Å². The SMILES string of the molecule is COc1ccccc1N1C(=O)CN(S(C)(=O)=O)C[C@]1(C)C(=O)NC1CCCC1. The molecule has 1 saturated heterocycles. The second-order valence-electron chi connectivity index (χ2n) is 7.66. The molecule has 1 N–H and O–H groups in total. The number of nitrogens with one attached hydrogen (secondary N) is 1. The summed E-state index contributed by atoms with van der Waals surface area (Å²) in [5.41, 5.74) is -0.942. The Bertz CT molecular complexity index is 866. The number of ether oxygens (including phenoxy) is 1. The van der Waals surface area contributed by atoms with Crippen LogP contribution >= 0.6 is 0 Å². The van der Waals surface area contributed by atoms with E-state index in [2.05, 4.69) is 5.32 Å². The van der Waals surface area contributed by atoms with Gasteiger partial charge in [0.25, 0.3) is 0 Å². The molecule has 0 aromatic heterocycles. The number of para-hydroxylation sites is 2. The molecule has 0 spiro atoms. The zero-order chi connectivity index (χ0) is 20.5. The molecule has 3 rings (SSSR count). The molecule has 1 aromatic carbocycles. The molecule has 1 atom stereocenters. The van der Waals surface area contributed by atoms with Crippen LogP contribution in [0.4, 0.5) is 5.69 Å². The molecule has 1 heterocycles. The van der Waals surface area contributed by atoms with Crippen molar-refractivity contribution in [2.75, 3.05) is 31.4 Å². The number of piperazine rings is 1. The molecule has 1 aromatic rings. The van der Waals surface area contributed by atoms with E-state index in [9.17, 15) is 18.0 Å². The molecule has 2 aliphatic rings. The third-order valence-corrected chi connectivity index (χ3v) is 6.71. The van der Waals surface area contributed by atoms with Gasteiger partial charge in [-0.15, -0.1) is 0 Å². The highest BCUT2D eigenvalue weighted by Crippen LogP contribution is 2.36. The van der Waals surface area contributed by atoms with Crippen LogP contribution in [0.5, 0.6) is 5.75 Å². The Morgan fingerprint density at radius 1 is 1.25 bits per heavy atom. The maximum absolute atomic E-state index is 13.3. The summed E-state index contributed by atoms with van der Waals surface area (Å²) in [7, 11) is -2.15. The van der Waals surface area contributed by atoms with Crippen LogP contribution in [0.3, 0.4) is 0 Å². The number of amides is 2. The summed E-state index contributed by atoms with van der Waals surface area (Å²) in [4.78, 5) is 27.8. The monoisotopic (exact) mass is 409 g/mol. The first kappa shape index (κ1) is 20.6. The number of carbonyl (C=O) groups is 2. The molecule has 9 heteroatoms. The average Bonchev–Trinajstić information content (AvgIpc) is 3.13. The van der Waals surface area contributed by atoms with Crippen LogP contribution in [0.25, 0.3) is 0 Å². The van der Waals surface area contributed by atoms with Gasteiger partial charge in [0.2, 0.25) is 21.8 Å². The summed E-state index contributed by atoms with van der Waals surface area (Å²) in [6.45, 7) is 1.18. The van der Waals surface area contributed by atoms with Crippen LogP contribution < -0.4 is 15.0 Å². The van der Waals surface area contributed by atoms with Crippen molar-refractivity contribution >= 4 is 27.5 Å². The average molecular weight is 410 g/mol. The van der Waals surface area contributed by atoms with Gasteiger partial charge in [0, 0.05) is 12.6 Å². The lowest BCUT2D eigenvalue weighted by Gasteiger charge is -2.47. The fourth-order valence-electron chi connectivity index (χ4n) is 4.00. The fraction of sp³-hybridized carbons (Fsp3) is 0.579. The molecule has 2 fully saturated rings. The van der Waals surface area contributed by atoms with Gasteiger partial charge in [-0.1, -0.05) is 25.0 Å². The predicted octanol–water partition coefficient (Wildman–Crippen LogP) is 1.12. The smallest absolute Gasteiger partial charge is 0.247 e. The minimum Gasteiger partial charge on any atom is -0.495 e. The number of rotatable bonds is 5. The summed E-state index contributed by atoms with van der Waals surface area (Å²) in [6, 6.07) is 6.99. The number of hydrogen-bond donors (Lipinski definition) is 1. The van der Waals surface area contributed by atoms with Gasteiger partial charge in [0.1, 0.15) is 11.3 Å². The quantitative estimate of drug-likeness (QED) is 0.786. The zero-order valence-electron chi connectivity index (χ0n) is 16.5. The summed E-state index contributed by atoms with van der Waals surface area (Å²) in [5, 5.41) is 3.02. The summed E-state index contributed by atoms with van der Waals surface area (Å²) in [5.74, 6) is -0.374. The Morgan fingerprint density at radius 2 is 1.89 bits per heavy atom. The lowest BCUT2D eigenvalue weighted by atomic mass is 9.93. The zero-order valence-corrected chi connectivity index (χ0v) is 17.3. The van der Waals surface area contributed by atoms with Gasteiger partial charge >= 0.3 is 0 Å². The van der Waals surface area contributed by atoms with E-state index >= 15 is 0 Å². The van der Waals surface area contributed by atoms with Crippen molar-refractivity contribution < 1.29 is 22.7 Å². The van der Waals surface area contributed by atoms with Crippen molar-refractivity contribution in [1.29, 1.82) is 0 Å². The summed E-state index contributed by atoms with van der Waals surface area (Å²) >= 11 is 0. The van der Waals surface area contributed by atoms with Crippen LogP contribution in [0.15, 0.2) is 24.3 Å². The molecule has 8 nitrogen and oxygen atoms in total. The molecule has 1 aliphatic carbocycles. The third-order valence-electron chi connectivity index (χ3n) is 5.51. The molecule has 2 amide bonds. The van der Waals surface area contributed by atoms with Gasteiger partial charge in [-0.25, -0.2) is 8.42 Å². The Balaban J connectivity index is 2.04. The molecule has 28 heavy (non-hydrogen) atoms. The Hall–Kier alpha value is -2.13. The maximum atomic E-state index is 13.3. The first-order valence-electron chi connectivity index (χ1n) is 9.39. The van der Waals surface area contributed by atoms with Crippen molar-refractivity contribution in [3.05, 3.63) is 24.3 Å². The summed E-state index contributed by atoms with van der Waals surface area (Å²) < 4.78 is 30.8. The van der Waals surface area contributed by atoms with Crippen LogP contribution in [0, 0.1) is 0 Å². The summed E-state index contributed by atoms with van der Waals surface area (Å²) in [6.07, 6.45) is 4.92. The number of sulfonamides is 1. The van der Waals surface area contributed by atoms with E-state index in [0.29, 0.717) is 11.4 Å². The number of benzene rings is 1. The van der Waals surface area contributed by atoms with Crippen molar-refractivity contribution in [2.24, 2.45) is 0 Å². The number of carbonyl (C=O) groups excluding carboxylic acids is 2. The molecule has 1 saturated carbocycles. The van der Waals surface area contributed by atoms with Crippen LogP contribution in [0.2, 0.25) is 0 Å². The van der Waals surface area contributed by atoms with Crippen molar-refractivity contribution in [2.45, 2.75) is 44.2 Å². The van der Waals surface area contributed by atoms with Gasteiger partial charge in [0.15, 0.2) is 0 Å². The van der Waals surface area contributed by atoms with Crippen molar-refractivity contribution in [3.63, 3.8) is 0 Å². The Kier molecular flexibility index (Phi) is 5.67. The minimum atomic E-state index is -3.64. The van der Waals surface area contributed by atoms with Crippen molar-refractivity contribution in [3.8, 4) is 5.75 Å². The number of hydrogen-bond acceptors (Lipinski definition) is 5. The number of methoxy groups -OCH3 is 1. The van der Waals surface area contributed by atoms with Gasteiger partial charge in [0.05, 0.1) is 25.6 Å². The minimum absolute atomic E-state index is 0.0487. The topological polar surface area (TPSA) is 96.0 Å². The molecule has 0 radical (unpaired) electrons. The first-order chi connectivity index (χ1) is 13.2. The van der Waals surface area contributed by atoms with E-state index in [0.717, 1.165) is 36.2 Å². The number of nitrogens with zero attached hydrogens (tertiary/aromatic N) is 2. The highest BCUT2D eigenvalue weighted by molar-refractivity contribution is 7.88. The number of anilines is 1. The standard InChI is InChI=1S/C19H27N3O5S/c1-19(18(24)20-14-8-4-5-9-14)13-21(28(3,25)26)12-17(23)22(19)15-10-6-7-11-16(15)27-2/h6-7,10-11,14H,4-5,8-9,12-13H2,1-3H3,(H,20,24)/t19-/m1/s1. The van der Waals surface area contributed by atoms with Crippen LogP contribution in [0.1, 0.15) is 32.6 Å². The van der Waals surface area contributed by atoms with Gasteiger partial charge < -0.3 is 10.1 Å². The lowest BCUT2D eigenvalue weighted by Crippen LogP contribution is -2.70. The second kappa shape index (κ2) is 7.71. The Morgan fingerprint density at radius 3 is 2.50 bits per heavy atom. The van der Waals surface area contributed by atoms with Crippen LogP contribution in [-0.4, -0.2) is 62.6 Å².